The molecule has 126 valence electrons. The first-order valence-corrected chi connectivity index (χ1v) is 6.78. The summed E-state index contributed by atoms with van der Waals surface area (Å²) in [5, 5.41) is 21.0. The molecule has 0 saturated carbocycles. The Morgan fingerprint density at radius 3 is 1.48 bits per heavy atom. The van der Waals surface area contributed by atoms with Crippen molar-refractivity contribution in [2.24, 2.45) is 0 Å². The fourth-order valence-electron chi connectivity index (χ4n) is 2.18. The molecule has 2 heterocycles. The normalized spacial score (nSPS) is 12.5. The van der Waals surface area contributed by atoms with E-state index in [0.717, 1.165) is 0 Å². The molecule has 9 heteroatoms. The van der Waals surface area contributed by atoms with Crippen LogP contribution in [-0.4, -0.2) is 49.4 Å². The van der Waals surface area contributed by atoms with Crippen LogP contribution in [0.4, 0.5) is 0 Å². The minimum absolute atomic E-state index is 0. The quantitative estimate of drug-likeness (QED) is 0.547. The van der Waals surface area contributed by atoms with Crippen molar-refractivity contribution in [1.82, 2.24) is 0 Å². The number of carbonyl (C=O) groups is 2. The van der Waals surface area contributed by atoms with Crippen molar-refractivity contribution in [2.75, 3.05) is 13.6 Å². The third-order valence-corrected chi connectivity index (χ3v) is 3.23. The van der Waals surface area contributed by atoms with Crippen molar-refractivity contribution < 1.29 is 38.7 Å². The Kier molecular flexibility index (Phi) is 5.97. The van der Waals surface area contributed by atoms with Gasteiger partial charge in [0.15, 0.2) is 23.0 Å². The fourth-order valence-corrected chi connectivity index (χ4v) is 2.18. The molecule has 0 spiro atoms. The van der Waals surface area contributed by atoms with Crippen molar-refractivity contribution in [2.45, 2.75) is 0 Å². The van der Waals surface area contributed by atoms with Crippen molar-refractivity contribution >= 4 is 35.8 Å². The molecule has 0 amide bonds. The maximum Gasteiger partial charge on any atom is 2.00 e. The van der Waals surface area contributed by atoms with Crippen LogP contribution in [0.1, 0.15) is 20.7 Å². The van der Waals surface area contributed by atoms with Gasteiger partial charge in [-0.25, -0.2) is 0 Å². The van der Waals surface area contributed by atoms with Gasteiger partial charge in [0.25, 0.3) is 0 Å². The van der Waals surface area contributed by atoms with Gasteiger partial charge in [0.2, 0.25) is 13.6 Å². The van der Waals surface area contributed by atoms with E-state index in [1.807, 2.05) is 0 Å². The van der Waals surface area contributed by atoms with Gasteiger partial charge in [-0.1, -0.05) is 12.1 Å². The summed E-state index contributed by atoms with van der Waals surface area (Å²) in [6.45, 7) is 0.138. The molecule has 0 aliphatic carbocycles. The monoisotopic (exact) mass is 450 g/mol. The van der Waals surface area contributed by atoms with Gasteiger partial charge in [-0.2, -0.15) is 0 Å². The van der Waals surface area contributed by atoms with Crippen LogP contribution in [0, 0.1) is 0 Å². The van der Waals surface area contributed by atoms with E-state index >= 15 is 0 Å². The van der Waals surface area contributed by atoms with E-state index in [1.165, 1.54) is 12.1 Å². The summed E-state index contributed by atoms with van der Waals surface area (Å²) in [5.41, 5.74) is 0.0648. The second-order valence-electron chi connectivity index (χ2n) is 4.65. The largest absolute Gasteiger partial charge is 2.00 e. The number of rotatable bonds is 2. The summed E-state index contributed by atoms with van der Waals surface area (Å²) >= 11 is 0. The number of hydrogen-bond donors (Lipinski definition) is 0. The van der Waals surface area contributed by atoms with Crippen LogP contribution < -0.4 is 29.2 Å². The van der Waals surface area contributed by atoms with Gasteiger partial charge < -0.3 is 38.7 Å². The number of para-hydroxylation sites is 2. The van der Waals surface area contributed by atoms with E-state index in [1.54, 1.807) is 24.3 Å². The molecule has 2 aliphatic heterocycles. The van der Waals surface area contributed by atoms with E-state index < -0.39 is 11.9 Å². The van der Waals surface area contributed by atoms with Crippen LogP contribution in [0.25, 0.3) is 0 Å². The number of carboxylic acid groups (broad SMARTS) is 2. The number of carboxylic acids is 2. The average Bonchev–Trinajstić information content (AvgIpc) is 3.23. The molecule has 0 unspecified atom stereocenters. The molecule has 0 saturated heterocycles. The fraction of sp³-hybridized carbons (Fsp3) is 0.125. The van der Waals surface area contributed by atoms with Crippen molar-refractivity contribution in [1.29, 1.82) is 0 Å². The molecular formula is C16H10O8Sn. The maximum atomic E-state index is 10.5. The number of benzene rings is 2. The third-order valence-electron chi connectivity index (χ3n) is 3.23. The van der Waals surface area contributed by atoms with Crippen LogP contribution in [0.2, 0.25) is 0 Å². The molecular weight excluding hydrogens is 439 g/mol. The summed E-state index contributed by atoms with van der Waals surface area (Å²) < 4.78 is 19.8. The molecule has 2 aromatic rings. The maximum absolute atomic E-state index is 10.5. The van der Waals surface area contributed by atoms with E-state index in [9.17, 15) is 19.8 Å². The summed E-state index contributed by atoms with van der Waals surface area (Å²) in [5.74, 6) is -1.07. The minimum atomic E-state index is -1.25. The molecule has 2 aliphatic rings. The zero-order valence-electron chi connectivity index (χ0n) is 12.6. The van der Waals surface area contributed by atoms with Crippen molar-refractivity contribution in [3.8, 4) is 23.0 Å². The van der Waals surface area contributed by atoms with Gasteiger partial charge in [0.05, 0.1) is 11.9 Å². The number of ether oxygens (including phenoxy) is 4. The van der Waals surface area contributed by atoms with Crippen LogP contribution in [0.15, 0.2) is 36.4 Å². The van der Waals surface area contributed by atoms with E-state index in [0.29, 0.717) is 11.5 Å². The van der Waals surface area contributed by atoms with E-state index in [-0.39, 0.29) is 60.1 Å². The molecule has 0 aromatic heterocycles. The number of aromatic carboxylic acids is 2. The Hall–Kier alpha value is -2.62. The number of fused-ring (bicyclic) bond motifs is 2. The topological polar surface area (TPSA) is 117 Å². The average molecular weight is 449 g/mol. The zero-order valence-corrected chi connectivity index (χ0v) is 15.5. The molecule has 4 rings (SSSR count). The molecule has 2 aromatic carbocycles. The summed E-state index contributed by atoms with van der Waals surface area (Å²) in [7, 11) is 0. The molecule has 25 heavy (non-hydrogen) atoms. The Morgan fingerprint density at radius 1 is 0.720 bits per heavy atom. The summed E-state index contributed by atoms with van der Waals surface area (Å²) in [4.78, 5) is 21.0. The minimum Gasteiger partial charge on any atom is -0.545 e. The Morgan fingerprint density at radius 2 is 1.12 bits per heavy atom. The van der Waals surface area contributed by atoms with Gasteiger partial charge in [-0.05, 0) is 24.3 Å². The molecule has 0 bridgehead atoms. The molecule has 2 radical (unpaired) electrons. The second kappa shape index (κ2) is 7.97. The Balaban J connectivity index is 0.000000173. The summed E-state index contributed by atoms with van der Waals surface area (Å²) in [6.07, 6.45) is 0. The standard InChI is InChI=1S/2C8H6O4.Sn/c2*9-8(10)5-2-1-3-6-7(5)12-4-11-6;/h2*1-3H,4H2,(H,9,10);/q;;+2/p-2. The third kappa shape index (κ3) is 3.90. The molecule has 8 nitrogen and oxygen atoms in total. The van der Waals surface area contributed by atoms with Crippen LogP contribution in [0.3, 0.4) is 0 Å². The van der Waals surface area contributed by atoms with Crippen molar-refractivity contribution in [3.63, 3.8) is 0 Å². The van der Waals surface area contributed by atoms with Gasteiger partial charge in [0.1, 0.15) is 0 Å². The van der Waals surface area contributed by atoms with Crippen molar-refractivity contribution in [3.05, 3.63) is 47.5 Å². The summed E-state index contributed by atoms with van der Waals surface area (Å²) in [6, 6.07) is 9.30. The van der Waals surface area contributed by atoms with Gasteiger partial charge in [-0.15, -0.1) is 0 Å². The van der Waals surface area contributed by atoms with E-state index in [2.05, 4.69) is 0 Å². The van der Waals surface area contributed by atoms with Crippen LogP contribution in [-0.2, 0) is 0 Å². The van der Waals surface area contributed by atoms with Gasteiger partial charge in [-0.3, -0.25) is 0 Å². The molecule has 0 N–H and O–H groups in total. The van der Waals surface area contributed by atoms with Gasteiger partial charge in [0, 0.05) is 11.1 Å². The second-order valence-corrected chi connectivity index (χ2v) is 4.65. The van der Waals surface area contributed by atoms with Gasteiger partial charge >= 0.3 is 23.9 Å². The SMILES string of the molecule is O=C([O-])c1cccc2c1OCO2.O=C([O-])c1cccc2c1OCO2.[Sn+2]. The smallest absolute Gasteiger partial charge is 0.545 e. The molecule has 0 fully saturated rings. The molecule has 0 atom stereocenters. The number of carbonyl (C=O) groups excluding carboxylic acids is 2. The Bertz CT molecular complexity index is 737. The zero-order chi connectivity index (χ0) is 17.1. The first-order valence-electron chi connectivity index (χ1n) is 6.78. The Labute approximate surface area is 158 Å². The predicted octanol–water partition coefficient (Wildman–Crippen LogP) is -0.823. The predicted molar refractivity (Wildman–Crippen MR) is 79.5 cm³/mol. The number of hydrogen-bond acceptors (Lipinski definition) is 8. The first-order chi connectivity index (χ1) is 11.6. The van der Waals surface area contributed by atoms with E-state index in [4.69, 9.17) is 18.9 Å². The first kappa shape index (κ1) is 18.7. The van der Waals surface area contributed by atoms with Crippen LogP contribution >= 0.6 is 0 Å². The van der Waals surface area contributed by atoms with Crippen LogP contribution in [0.5, 0.6) is 23.0 Å².